The van der Waals surface area contributed by atoms with E-state index in [1.165, 1.54) is 17.5 Å². The van der Waals surface area contributed by atoms with Crippen LogP contribution in [0, 0.1) is 6.92 Å². The van der Waals surface area contributed by atoms with Crippen LogP contribution in [0.25, 0.3) is 11.3 Å². The highest BCUT2D eigenvalue weighted by Crippen LogP contribution is 2.41. The van der Waals surface area contributed by atoms with Crippen LogP contribution < -0.4 is 5.73 Å². The van der Waals surface area contributed by atoms with Crippen molar-refractivity contribution >= 4 is 11.3 Å². The fourth-order valence-electron chi connectivity index (χ4n) is 2.26. The Hall–Kier alpha value is -1.19. The summed E-state index contributed by atoms with van der Waals surface area (Å²) in [5.41, 5.74) is 9.73. The zero-order valence-corrected chi connectivity index (χ0v) is 10.8. The molecule has 3 rings (SSSR count). The van der Waals surface area contributed by atoms with Crippen LogP contribution >= 0.6 is 11.3 Å². The molecule has 17 heavy (non-hydrogen) atoms. The minimum absolute atomic E-state index is 0.133. The highest BCUT2D eigenvalue weighted by molar-refractivity contribution is 7.10. The van der Waals surface area contributed by atoms with Crippen LogP contribution in [-0.4, -0.2) is 4.98 Å². The molecule has 88 valence electrons. The van der Waals surface area contributed by atoms with E-state index in [4.69, 9.17) is 10.7 Å². The molecule has 0 amide bonds. The summed E-state index contributed by atoms with van der Waals surface area (Å²) >= 11 is 1.70. The Morgan fingerprint density at radius 1 is 1.29 bits per heavy atom. The highest BCUT2D eigenvalue weighted by atomic mass is 32.1. The van der Waals surface area contributed by atoms with E-state index in [1.54, 1.807) is 11.3 Å². The molecule has 2 nitrogen and oxygen atoms in total. The first-order valence-corrected chi connectivity index (χ1v) is 6.88. The van der Waals surface area contributed by atoms with Gasteiger partial charge in [-0.15, -0.1) is 11.3 Å². The van der Waals surface area contributed by atoms with Crippen LogP contribution in [0.5, 0.6) is 0 Å². The van der Waals surface area contributed by atoms with Gasteiger partial charge in [-0.3, -0.25) is 0 Å². The van der Waals surface area contributed by atoms with Gasteiger partial charge >= 0.3 is 0 Å². The minimum Gasteiger partial charge on any atom is -0.319 e. The van der Waals surface area contributed by atoms with E-state index < -0.39 is 0 Å². The zero-order valence-electron chi connectivity index (χ0n) is 9.94. The third-order valence-corrected chi connectivity index (χ3v) is 4.66. The molecular weight excluding hydrogens is 228 g/mol. The van der Waals surface area contributed by atoms with Crippen molar-refractivity contribution in [3.8, 4) is 11.3 Å². The second-order valence-corrected chi connectivity index (χ2v) is 5.72. The number of thiazole rings is 1. The van der Waals surface area contributed by atoms with Gasteiger partial charge in [0.1, 0.15) is 5.01 Å². The molecule has 1 aromatic carbocycles. The first-order valence-electron chi connectivity index (χ1n) is 6.00. The fourth-order valence-corrected chi connectivity index (χ4v) is 3.25. The van der Waals surface area contributed by atoms with Crippen molar-refractivity contribution in [1.82, 2.24) is 4.98 Å². The Kier molecular flexibility index (Phi) is 2.53. The van der Waals surface area contributed by atoms with E-state index in [0.717, 1.165) is 23.5 Å². The molecule has 0 spiro atoms. The second kappa shape index (κ2) is 3.93. The van der Waals surface area contributed by atoms with Gasteiger partial charge in [0.25, 0.3) is 0 Å². The molecule has 2 N–H and O–H groups in total. The molecule has 0 radical (unpaired) electrons. The molecule has 0 aliphatic heterocycles. The average molecular weight is 244 g/mol. The van der Waals surface area contributed by atoms with Gasteiger partial charge in [-0.1, -0.05) is 24.3 Å². The van der Waals surface area contributed by atoms with Crippen LogP contribution in [0.2, 0.25) is 0 Å². The quantitative estimate of drug-likeness (QED) is 0.878. The molecule has 1 fully saturated rings. The summed E-state index contributed by atoms with van der Waals surface area (Å²) in [7, 11) is 0. The van der Waals surface area contributed by atoms with Gasteiger partial charge in [0.15, 0.2) is 0 Å². The number of nitrogens with zero attached hydrogens (tertiary/aromatic N) is 1. The lowest BCUT2D eigenvalue weighted by molar-refractivity contribution is 0.253. The lowest BCUT2D eigenvalue weighted by Crippen LogP contribution is -2.43. The van der Waals surface area contributed by atoms with Crippen LogP contribution in [0.4, 0.5) is 0 Å². The Morgan fingerprint density at radius 2 is 2.06 bits per heavy atom. The molecule has 1 aromatic heterocycles. The van der Waals surface area contributed by atoms with E-state index in [-0.39, 0.29) is 5.54 Å². The molecule has 1 heterocycles. The SMILES string of the molecule is Cc1ccccc1-c1csc(C2(N)CCC2)n1. The molecule has 3 heteroatoms. The fraction of sp³-hybridized carbons (Fsp3) is 0.357. The summed E-state index contributed by atoms with van der Waals surface area (Å²) in [5, 5.41) is 3.23. The van der Waals surface area contributed by atoms with Gasteiger partial charge in [0, 0.05) is 10.9 Å². The summed E-state index contributed by atoms with van der Waals surface area (Å²) in [5.74, 6) is 0. The molecule has 1 saturated carbocycles. The maximum Gasteiger partial charge on any atom is 0.113 e. The molecule has 2 aromatic rings. The van der Waals surface area contributed by atoms with E-state index in [0.29, 0.717) is 0 Å². The molecule has 1 aliphatic carbocycles. The molecule has 0 saturated heterocycles. The van der Waals surface area contributed by atoms with Gasteiger partial charge in [0.2, 0.25) is 0 Å². The molecule has 0 atom stereocenters. The molecular formula is C14H16N2S. The summed E-state index contributed by atoms with van der Waals surface area (Å²) in [6, 6.07) is 8.36. The predicted molar refractivity (Wildman–Crippen MR) is 72.0 cm³/mol. The van der Waals surface area contributed by atoms with Gasteiger partial charge in [-0.25, -0.2) is 4.98 Å². The van der Waals surface area contributed by atoms with Gasteiger partial charge in [0.05, 0.1) is 11.2 Å². The van der Waals surface area contributed by atoms with Gasteiger partial charge < -0.3 is 5.73 Å². The lowest BCUT2D eigenvalue weighted by atomic mass is 9.78. The van der Waals surface area contributed by atoms with E-state index in [9.17, 15) is 0 Å². The van der Waals surface area contributed by atoms with Crippen LogP contribution in [0.15, 0.2) is 29.6 Å². The van der Waals surface area contributed by atoms with Crippen molar-refractivity contribution in [2.45, 2.75) is 31.7 Å². The normalized spacial score (nSPS) is 17.8. The molecule has 0 unspecified atom stereocenters. The van der Waals surface area contributed by atoms with E-state index in [1.807, 2.05) is 0 Å². The number of nitrogens with two attached hydrogens (primary N) is 1. The second-order valence-electron chi connectivity index (χ2n) is 4.86. The zero-order chi connectivity index (χ0) is 11.9. The maximum atomic E-state index is 6.30. The summed E-state index contributed by atoms with van der Waals surface area (Å²) in [4.78, 5) is 4.73. The Morgan fingerprint density at radius 3 is 2.71 bits per heavy atom. The molecule has 1 aliphatic rings. The van der Waals surface area contributed by atoms with Gasteiger partial charge in [-0.05, 0) is 31.7 Å². The highest BCUT2D eigenvalue weighted by Gasteiger charge is 2.37. The van der Waals surface area contributed by atoms with Crippen molar-refractivity contribution in [2.75, 3.05) is 0 Å². The van der Waals surface area contributed by atoms with E-state index >= 15 is 0 Å². The standard InChI is InChI=1S/C14H16N2S/c1-10-5-2-3-6-11(10)12-9-17-13(16-12)14(15)7-4-8-14/h2-3,5-6,9H,4,7-8,15H2,1H3. The summed E-state index contributed by atoms with van der Waals surface area (Å²) < 4.78 is 0. The Balaban J connectivity index is 1.98. The monoisotopic (exact) mass is 244 g/mol. The average Bonchev–Trinajstić information content (AvgIpc) is 2.76. The predicted octanol–water partition coefficient (Wildman–Crippen LogP) is 3.46. The number of benzene rings is 1. The first kappa shape index (κ1) is 10.9. The van der Waals surface area contributed by atoms with Crippen molar-refractivity contribution in [2.24, 2.45) is 5.73 Å². The Bertz CT molecular complexity index is 541. The summed E-state index contributed by atoms with van der Waals surface area (Å²) in [6.45, 7) is 2.12. The number of rotatable bonds is 2. The van der Waals surface area contributed by atoms with Crippen molar-refractivity contribution < 1.29 is 0 Å². The van der Waals surface area contributed by atoms with Crippen molar-refractivity contribution in [3.05, 3.63) is 40.2 Å². The van der Waals surface area contributed by atoms with Crippen molar-refractivity contribution in [1.29, 1.82) is 0 Å². The van der Waals surface area contributed by atoms with E-state index in [2.05, 4.69) is 36.6 Å². The topological polar surface area (TPSA) is 38.9 Å². The van der Waals surface area contributed by atoms with Crippen molar-refractivity contribution in [3.63, 3.8) is 0 Å². The largest absolute Gasteiger partial charge is 0.319 e. The van der Waals surface area contributed by atoms with Crippen LogP contribution in [0.3, 0.4) is 0 Å². The smallest absolute Gasteiger partial charge is 0.113 e. The first-order chi connectivity index (χ1) is 8.19. The third kappa shape index (κ3) is 1.79. The van der Waals surface area contributed by atoms with Crippen LogP contribution in [-0.2, 0) is 5.54 Å². The van der Waals surface area contributed by atoms with Crippen LogP contribution in [0.1, 0.15) is 29.8 Å². The summed E-state index contributed by atoms with van der Waals surface area (Å²) in [6.07, 6.45) is 3.39. The number of hydrogen-bond acceptors (Lipinski definition) is 3. The number of aryl methyl sites for hydroxylation is 1. The van der Waals surface area contributed by atoms with Gasteiger partial charge in [-0.2, -0.15) is 0 Å². The number of aromatic nitrogens is 1. The Labute approximate surface area is 106 Å². The maximum absolute atomic E-state index is 6.30. The minimum atomic E-state index is -0.133. The number of hydrogen-bond donors (Lipinski definition) is 1. The third-order valence-electron chi connectivity index (χ3n) is 3.60. The lowest BCUT2D eigenvalue weighted by Gasteiger charge is -2.35. The molecule has 0 bridgehead atoms.